The molecule has 0 aliphatic heterocycles. The number of aliphatic hydroxyl groups is 1. The summed E-state index contributed by atoms with van der Waals surface area (Å²) in [4.78, 5) is 5.25. The number of rotatable bonds is 4. The summed E-state index contributed by atoms with van der Waals surface area (Å²) in [5.74, 6) is 0.632. The molecule has 1 heterocycles. The molecule has 2 aromatic rings. The van der Waals surface area contributed by atoms with Gasteiger partial charge in [0.1, 0.15) is 0 Å². The molecule has 1 aromatic carbocycles. The molecular weight excluding hydrogens is 310 g/mol. The molecule has 0 spiro atoms. The second kappa shape index (κ2) is 6.36. The van der Waals surface area contributed by atoms with Crippen molar-refractivity contribution in [2.45, 2.75) is 17.9 Å². The maximum absolute atomic E-state index is 10.1. The number of benzene rings is 1. The molecule has 0 saturated carbocycles. The van der Waals surface area contributed by atoms with E-state index in [2.05, 4.69) is 20.9 Å². The summed E-state index contributed by atoms with van der Waals surface area (Å²) < 4.78 is 1.07. The van der Waals surface area contributed by atoms with Crippen LogP contribution in [0.15, 0.2) is 52.1 Å². The first-order valence-corrected chi connectivity index (χ1v) is 7.41. The highest BCUT2D eigenvalue weighted by molar-refractivity contribution is 9.10. The average Bonchev–Trinajstić information content (AvgIpc) is 2.38. The Kier molecular flexibility index (Phi) is 4.80. The van der Waals surface area contributed by atoms with Gasteiger partial charge in [-0.25, -0.2) is 0 Å². The summed E-state index contributed by atoms with van der Waals surface area (Å²) in [5.41, 5.74) is 1.94. The molecule has 0 aliphatic carbocycles. The number of aromatic nitrogens is 1. The number of aliphatic hydroxyl groups excluding tert-OH is 1. The number of aryl methyl sites for hydroxylation is 1. The minimum atomic E-state index is -0.481. The zero-order valence-corrected chi connectivity index (χ0v) is 12.4. The zero-order valence-electron chi connectivity index (χ0n) is 10.0. The first-order chi connectivity index (χ1) is 8.65. The van der Waals surface area contributed by atoms with Gasteiger partial charge in [0.15, 0.2) is 0 Å². The van der Waals surface area contributed by atoms with E-state index in [1.807, 2.05) is 37.3 Å². The lowest BCUT2D eigenvalue weighted by Crippen LogP contribution is -2.01. The zero-order chi connectivity index (χ0) is 13.0. The molecule has 1 aromatic heterocycles. The van der Waals surface area contributed by atoms with Crippen LogP contribution >= 0.6 is 27.7 Å². The van der Waals surface area contributed by atoms with Gasteiger partial charge in [0.05, 0.1) is 6.10 Å². The van der Waals surface area contributed by atoms with Gasteiger partial charge in [-0.1, -0.05) is 22.0 Å². The Morgan fingerprint density at radius 2 is 2.00 bits per heavy atom. The SMILES string of the molecule is Cc1cncc(C(O)CSc2ccc(Br)cc2)c1. The first kappa shape index (κ1) is 13.6. The first-order valence-electron chi connectivity index (χ1n) is 5.63. The van der Waals surface area contributed by atoms with Crippen molar-refractivity contribution in [3.8, 4) is 0 Å². The van der Waals surface area contributed by atoms with Crippen molar-refractivity contribution in [1.29, 1.82) is 0 Å². The summed E-state index contributed by atoms with van der Waals surface area (Å²) in [6.45, 7) is 1.98. The summed E-state index contributed by atoms with van der Waals surface area (Å²) in [5, 5.41) is 10.1. The molecule has 0 amide bonds. The minimum absolute atomic E-state index is 0.481. The van der Waals surface area contributed by atoms with E-state index >= 15 is 0 Å². The molecule has 94 valence electrons. The van der Waals surface area contributed by atoms with Crippen LogP contribution in [-0.2, 0) is 0 Å². The fourth-order valence-corrected chi connectivity index (χ4v) is 2.70. The van der Waals surface area contributed by atoms with E-state index in [4.69, 9.17) is 0 Å². The van der Waals surface area contributed by atoms with Crippen LogP contribution in [0.2, 0.25) is 0 Å². The predicted octanol–water partition coefficient (Wildman–Crippen LogP) is 3.98. The molecule has 0 bridgehead atoms. The van der Waals surface area contributed by atoms with Crippen LogP contribution in [0.25, 0.3) is 0 Å². The van der Waals surface area contributed by atoms with E-state index in [-0.39, 0.29) is 0 Å². The molecule has 0 saturated heterocycles. The molecule has 0 aliphatic rings. The van der Waals surface area contributed by atoms with Crippen molar-refractivity contribution >= 4 is 27.7 Å². The van der Waals surface area contributed by atoms with E-state index in [0.717, 1.165) is 20.5 Å². The van der Waals surface area contributed by atoms with Gasteiger partial charge in [0, 0.05) is 27.5 Å². The maximum Gasteiger partial charge on any atom is 0.0898 e. The highest BCUT2D eigenvalue weighted by atomic mass is 79.9. The summed E-state index contributed by atoms with van der Waals surface area (Å²) in [7, 11) is 0. The van der Waals surface area contributed by atoms with E-state index in [0.29, 0.717) is 5.75 Å². The Hall–Kier alpha value is -0.840. The van der Waals surface area contributed by atoms with Crippen LogP contribution in [0.4, 0.5) is 0 Å². The van der Waals surface area contributed by atoms with Gasteiger partial charge in [-0.2, -0.15) is 0 Å². The van der Waals surface area contributed by atoms with Gasteiger partial charge < -0.3 is 5.11 Å². The van der Waals surface area contributed by atoms with Crippen LogP contribution in [0.5, 0.6) is 0 Å². The Labute approximate surface area is 120 Å². The Balaban J connectivity index is 1.96. The van der Waals surface area contributed by atoms with Gasteiger partial charge in [0.25, 0.3) is 0 Å². The van der Waals surface area contributed by atoms with E-state index in [1.165, 1.54) is 0 Å². The molecular formula is C14H14BrNOS. The monoisotopic (exact) mass is 323 g/mol. The van der Waals surface area contributed by atoms with Gasteiger partial charge in [-0.05, 0) is 42.3 Å². The van der Waals surface area contributed by atoms with Crippen molar-refractivity contribution in [3.63, 3.8) is 0 Å². The summed E-state index contributed by atoms with van der Waals surface area (Å²) in [6.07, 6.45) is 3.03. The van der Waals surface area contributed by atoms with Gasteiger partial charge in [0.2, 0.25) is 0 Å². The molecule has 1 unspecified atom stereocenters. The second-order valence-electron chi connectivity index (χ2n) is 4.08. The molecule has 18 heavy (non-hydrogen) atoms. The maximum atomic E-state index is 10.1. The quantitative estimate of drug-likeness (QED) is 0.864. The normalized spacial score (nSPS) is 12.4. The second-order valence-corrected chi connectivity index (χ2v) is 6.09. The van der Waals surface area contributed by atoms with Crippen LogP contribution < -0.4 is 0 Å². The summed E-state index contributed by atoms with van der Waals surface area (Å²) in [6, 6.07) is 10.1. The van der Waals surface area contributed by atoms with Gasteiger partial charge in [-0.3, -0.25) is 4.98 Å². The lowest BCUT2D eigenvalue weighted by molar-refractivity contribution is 0.203. The van der Waals surface area contributed by atoms with Crippen LogP contribution in [-0.4, -0.2) is 15.8 Å². The lowest BCUT2D eigenvalue weighted by atomic mass is 10.1. The van der Waals surface area contributed by atoms with Crippen LogP contribution in [0, 0.1) is 6.92 Å². The topological polar surface area (TPSA) is 33.1 Å². The number of hydrogen-bond donors (Lipinski definition) is 1. The van der Waals surface area contributed by atoms with Crippen molar-refractivity contribution in [2.24, 2.45) is 0 Å². The van der Waals surface area contributed by atoms with Crippen LogP contribution in [0.1, 0.15) is 17.2 Å². The number of nitrogens with zero attached hydrogens (tertiary/aromatic N) is 1. The molecule has 2 rings (SSSR count). The predicted molar refractivity (Wildman–Crippen MR) is 78.8 cm³/mol. The number of hydrogen-bond acceptors (Lipinski definition) is 3. The van der Waals surface area contributed by atoms with Crippen molar-refractivity contribution in [2.75, 3.05) is 5.75 Å². The molecule has 2 nitrogen and oxygen atoms in total. The van der Waals surface area contributed by atoms with E-state index in [1.54, 1.807) is 24.2 Å². The Morgan fingerprint density at radius 1 is 1.28 bits per heavy atom. The smallest absolute Gasteiger partial charge is 0.0898 e. The Morgan fingerprint density at radius 3 is 2.67 bits per heavy atom. The standard InChI is InChI=1S/C14H14BrNOS/c1-10-6-11(8-16-7-10)14(17)9-18-13-4-2-12(15)3-5-13/h2-8,14,17H,9H2,1H3. The molecule has 1 atom stereocenters. The van der Waals surface area contributed by atoms with Gasteiger partial charge in [-0.15, -0.1) is 11.8 Å². The van der Waals surface area contributed by atoms with Crippen molar-refractivity contribution in [3.05, 3.63) is 58.3 Å². The number of pyridine rings is 1. The minimum Gasteiger partial charge on any atom is -0.387 e. The van der Waals surface area contributed by atoms with E-state index < -0.39 is 6.10 Å². The van der Waals surface area contributed by atoms with Gasteiger partial charge >= 0.3 is 0 Å². The van der Waals surface area contributed by atoms with Crippen molar-refractivity contribution in [1.82, 2.24) is 4.98 Å². The average molecular weight is 324 g/mol. The lowest BCUT2D eigenvalue weighted by Gasteiger charge is -2.10. The highest BCUT2D eigenvalue weighted by Gasteiger charge is 2.08. The molecule has 0 fully saturated rings. The van der Waals surface area contributed by atoms with Crippen molar-refractivity contribution < 1.29 is 5.11 Å². The number of thioether (sulfide) groups is 1. The van der Waals surface area contributed by atoms with E-state index in [9.17, 15) is 5.11 Å². The third-order valence-electron chi connectivity index (χ3n) is 2.50. The highest BCUT2D eigenvalue weighted by Crippen LogP contribution is 2.25. The number of halogens is 1. The fourth-order valence-electron chi connectivity index (χ4n) is 1.56. The fraction of sp³-hybridized carbons (Fsp3) is 0.214. The molecule has 0 radical (unpaired) electrons. The Bertz CT molecular complexity index is 515. The molecule has 4 heteroatoms. The third kappa shape index (κ3) is 3.83. The third-order valence-corrected chi connectivity index (χ3v) is 4.12. The largest absolute Gasteiger partial charge is 0.387 e. The molecule has 1 N–H and O–H groups in total. The summed E-state index contributed by atoms with van der Waals surface area (Å²) >= 11 is 5.04. The van der Waals surface area contributed by atoms with Crippen LogP contribution in [0.3, 0.4) is 0 Å².